The van der Waals surface area contributed by atoms with Gasteiger partial charge in [0, 0.05) is 25.1 Å². The molecule has 11 heteroatoms. The highest BCUT2D eigenvalue weighted by Gasteiger charge is 2.29. The third-order valence-corrected chi connectivity index (χ3v) is 6.72. The molecule has 0 spiro atoms. The predicted molar refractivity (Wildman–Crippen MR) is 123 cm³/mol. The van der Waals surface area contributed by atoms with Crippen LogP contribution in [0.25, 0.3) is 5.69 Å². The molecule has 0 radical (unpaired) electrons. The quantitative estimate of drug-likeness (QED) is 0.566. The number of carbonyl (C=O) groups excluding carboxylic acids is 1. The molecule has 1 aliphatic rings. The molecule has 2 aromatic heterocycles. The third-order valence-electron chi connectivity index (χ3n) is 5.73. The molecule has 1 atom stereocenters. The third kappa shape index (κ3) is 4.79. The van der Waals surface area contributed by atoms with Gasteiger partial charge in [-0.15, -0.1) is 0 Å². The van der Waals surface area contributed by atoms with Crippen LogP contribution in [0.4, 0.5) is 19.3 Å². The average molecular weight is 490 g/mol. The van der Waals surface area contributed by atoms with Crippen molar-refractivity contribution in [3.8, 4) is 5.69 Å². The van der Waals surface area contributed by atoms with Crippen molar-refractivity contribution in [2.45, 2.75) is 43.7 Å². The molecule has 0 aliphatic carbocycles. The minimum atomic E-state index is -3.49. The molecule has 3 aromatic rings. The second kappa shape index (κ2) is 9.49. The van der Waals surface area contributed by atoms with Gasteiger partial charge in [0.2, 0.25) is 0 Å². The Morgan fingerprint density at radius 1 is 1.21 bits per heavy atom. The highest BCUT2D eigenvalue weighted by atomic mass is 32.2. The topological polar surface area (TPSA) is 97.2 Å². The summed E-state index contributed by atoms with van der Waals surface area (Å²) in [6.07, 6.45) is 6.58. The van der Waals surface area contributed by atoms with Crippen LogP contribution in [0.2, 0.25) is 0 Å². The molecule has 2 amide bonds. The fraction of sp³-hybridized carbons (Fsp3) is 0.348. The van der Waals surface area contributed by atoms with Gasteiger partial charge in [0.25, 0.3) is 0 Å². The maximum Gasteiger partial charge on any atom is 0.322 e. The van der Waals surface area contributed by atoms with Crippen LogP contribution in [0.15, 0.2) is 47.8 Å². The summed E-state index contributed by atoms with van der Waals surface area (Å²) in [5.41, 5.74) is 1.96. The zero-order chi connectivity index (χ0) is 24.5. The van der Waals surface area contributed by atoms with Crippen LogP contribution in [0.3, 0.4) is 0 Å². The summed E-state index contributed by atoms with van der Waals surface area (Å²) in [4.78, 5) is 18.7. The number of rotatable bonds is 6. The van der Waals surface area contributed by atoms with Gasteiger partial charge in [0.05, 0.1) is 23.6 Å². The lowest BCUT2D eigenvalue weighted by molar-refractivity contribution is 0.241. The number of pyridine rings is 1. The Bertz CT molecular complexity index is 1330. The minimum absolute atomic E-state index is 0.0526. The zero-order valence-corrected chi connectivity index (χ0v) is 19.6. The van der Waals surface area contributed by atoms with E-state index < -0.39 is 27.5 Å². The van der Waals surface area contributed by atoms with E-state index in [4.69, 9.17) is 0 Å². The van der Waals surface area contributed by atoms with Crippen molar-refractivity contribution in [3.05, 3.63) is 65.6 Å². The van der Waals surface area contributed by atoms with Crippen LogP contribution in [-0.4, -0.2) is 42.0 Å². The summed E-state index contributed by atoms with van der Waals surface area (Å²) in [7, 11) is -3.49. The minimum Gasteiger partial charge on any atom is -0.331 e. The van der Waals surface area contributed by atoms with Crippen LogP contribution < -0.4 is 10.2 Å². The van der Waals surface area contributed by atoms with E-state index in [1.807, 2.05) is 6.92 Å². The SMILES string of the molecule is CCCC(NC(=O)N1CCCc2c1cnn2-c1ccc(F)cc1F)c1ccnc(S(C)(=O)=O)c1. The summed E-state index contributed by atoms with van der Waals surface area (Å²) in [6.45, 7) is 2.41. The normalized spacial score (nSPS) is 14.5. The van der Waals surface area contributed by atoms with Gasteiger partial charge in [-0.1, -0.05) is 13.3 Å². The number of halogens is 2. The molecule has 1 aromatic carbocycles. The zero-order valence-electron chi connectivity index (χ0n) is 18.8. The van der Waals surface area contributed by atoms with E-state index in [2.05, 4.69) is 15.4 Å². The van der Waals surface area contributed by atoms with E-state index >= 15 is 0 Å². The number of fused-ring (bicyclic) bond motifs is 1. The van der Waals surface area contributed by atoms with E-state index in [-0.39, 0.29) is 16.7 Å². The molecule has 0 bridgehead atoms. The lowest BCUT2D eigenvalue weighted by Gasteiger charge is -2.30. The van der Waals surface area contributed by atoms with Crippen molar-refractivity contribution in [1.82, 2.24) is 20.1 Å². The van der Waals surface area contributed by atoms with E-state index in [0.717, 1.165) is 24.8 Å². The van der Waals surface area contributed by atoms with Gasteiger partial charge in [0.1, 0.15) is 11.5 Å². The first kappa shape index (κ1) is 23.8. The highest BCUT2D eigenvalue weighted by Crippen LogP contribution is 2.31. The Kier molecular flexibility index (Phi) is 6.65. The first-order valence-corrected chi connectivity index (χ1v) is 12.8. The molecule has 1 aliphatic heterocycles. The summed E-state index contributed by atoms with van der Waals surface area (Å²) in [6, 6.07) is 5.66. The first-order valence-electron chi connectivity index (χ1n) is 11.0. The molecule has 1 unspecified atom stereocenters. The summed E-state index contributed by atoms with van der Waals surface area (Å²) >= 11 is 0. The Labute approximate surface area is 196 Å². The molecule has 0 fully saturated rings. The van der Waals surface area contributed by atoms with Crippen molar-refractivity contribution >= 4 is 21.6 Å². The van der Waals surface area contributed by atoms with Gasteiger partial charge < -0.3 is 5.32 Å². The lowest BCUT2D eigenvalue weighted by atomic mass is 10.0. The Balaban J connectivity index is 1.61. The Morgan fingerprint density at radius 2 is 2.00 bits per heavy atom. The lowest BCUT2D eigenvalue weighted by Crippen LogP contribution is -2.44. The van der Waals surface area contributed by atoms with Crippen molar-refractivity contribution in [1.29, 1.82) is 0 Å². The molecule has 3 heterocycles. The first-order chi connectivity index (χ1) is 16.2. The maximum absolute atomic E-state index is 14.4. The van der Waals surface area contributed by atoms with Crippen LogP contribution in [0.5, 0.6) is 0 Å². The van der Waals surface area contributed by atoms with Crippen LogP contribution in [0.1, 0.15) is 43.5 Å². The molecule has 0 saturated carbocycles. The summed E-state index contributed by atoms with van der Waals surface area (Å²) in [5, 5.41) is 7.20. The number of hydrogen-bond donors (Lipinski definition) is 1. The van der Waals surface area contributed by atoms with Crippen molar-refractivity contribution in [2.75, 3.05) is 17.7 Å². The van der Waals surface area contributed by atoms with E-state index in [9.17, 15) is 22.0 Å². The molecule has 1 N–H and O–H groups in total. The van der Waals surface area contributed by atoms with Crippen LogP contribution in [-0.2, 0) is 16.3 Å². The molecular formula is C23H25F2N5O3S. The van der Waals surface area contributed by atoms with Gasteiger partial charge in [-0.25, -0.2) is 31.7 Å². The predicted octanol–water partition coefficient (Wildman–Crippen LogP) is 3.95. The summed E-state index contributed by atoms with van der Waals surface area (Å²) in [5.74, 6) is -1.42. The van der Waals surface area contributed by atoms with E-state index in [1.54, 1.807) is 11.0 Å². The maximum atomic E-state index is 14.4. The number of sulfone groups is 1. The van der Waals surface area contributed by atoms with Gasteiger partial charge >= 0.3 is 6.03 Å². The Morgan fingerprint density at radius 3 is 2.71 bits per heavy atom. The van der Waals surface area contributed by atoms with Crippen molar-refractivity contribution in [2.24, 2.45) is 0 Å². The van der Waals surface area contributed by atoms with Crippen molar-refractivity contribution in [3.63, 3.8) is 0 Å². The van der Waals surface area contributed by atoms with Crippen molar-refractivity contribution < 1.29 is 22.0 Å². The fourth-order valence-electron chi connectivity index (χ4n) is 4.10. The van der Waals surface area contributed by atoms with Gasteiger partial charge in [-0.3, -0.25) is 4.90 Å². The number of carbonyl (C=O) groups is 1. The van der Waals surface area contributed by atoms with Gasteiger partial charge in [0.15, 0.2) is 20.7 Å². The number of anilines is 1. The van der Waals surface area contributed by atoms with Gasteiger partial charge in [-0.2, -0.15) is 5.10 Å². The number of benzene rings is 1. The van der Waals surface area contributed by atoms with Crippen LogP contribution >= 0.6 is 0 Å². The van der Waals surface area contributed by atoms with Crippen LogP contribution in [0, 0.1) is 11.6 Å². The molecule has 180 valence electrons. The number of hydrogen-bond acceptors (Lipinski definition) is 5. The fourth-order valence-corrected chi connectivity index (χ4v) is 4.71. The van der Waals surface area contributed by atoms with E-state index in [0.29, 0.717) is 42.8 Å². The number of nitrogens with zero attached hydrogens (tertiary/aromatic N) is 4. The van der Waals surface area contributed by atoms with E-state index in [1.165, 1.54) is 29.2 Å². The molecule has 34 heavy (non-hydrogen) atoms. The highest BCUT2D eigenvalue weighted by molar-refractivity contribution is 7.90. The number of urea groups is 1. The average Bonchev–Trinajstić information content (AvgIpc) is 3.22. The number of aromatic nitrogens is 3. The molecule has 0 saturated heterocycles. The monoisotopic (exact) mass is 489 g/mol. The molecule has 4 rings (SSSR count). The Hall–Kier alpha value is -3.34. The largest absolute Gasteiger partial charge is 0.331 e. The molecule has 8 nitrogen and oxygen atoms in total. The standard InChI is InChI=1S/C23H25F2N5O3S/c1-3-5-18(15-9-10-26-22(12-15)34(2,32)33)28-23(31)29-11-4-6-20-21(29)14-27-30(20)19-8-7-16(24)13-17(19)25/h7-10,12-14,18H,3-6,11H2,1-2H3,(H,28,31). The summed E-state index contributed by atoms with van der Waals surface area (Å²) < 4.78 is 52.9. The second-order valence-electron chi connectivity index (χ2n) is 8.23. The second-order valence-corrected chi connectivity index (χ2v) is 10.2. The number of nitrogens with one attached hydrogen (secondary N) is 1. The number of amides is 2. The van der Waals surface area contributed by atoms with Gasteiger partial charge in [-0.05, 0) is 49.1 Å². The molecular weight excluding hydrogens is 464 g/mol. The smallest absolute Gasteiger partial charge is 0.322 e.